The minimum atomic E-state index is -2.81. The second-order valence-corrected chi connectivity index (χ2v) is 5.58. The number of carbonyl (C=O) groups is 1. The molecule has 1 aliphatic rings. The van der Waals surface area contributed by atoms with E-state index in [1.54, 1.807) is 12.1 Å². The van der Waals surface area contributed by atoms with Crippen LogP contribution in [0, 0.1) is 0 Å². The van der Waals surface area contributed by atoms with Crippen LogP contribution < -0.4 is 10.1 Å². The third-order valence-corrected chi connectivity index (χ3v) is 3.71. The van der Waals surface area contributed by atoms with Crippen molar-refractivity contribution in [1.82, 2.24) is 10.2 Å². The highest BCUT2D eigenvalue weighted by Gasteiger charge is 2.16. The molecule has 0 unspecified atom stereocenters. The number of hydrogen-bond donors (Lipinski definition) is 1. The number of nitrogens with one attached hydrogen (secondary N) is 1. The molecule has 4 nitrogen and oxygen atoms in total. The molecule has 0 saturated carbocycles. The first-order valence-electron chi connectivity index (χ1n) is 7.72. The summed E-state index contributed by atoms with van der Waals surface area (Å²) in [5.74, 6) is 0.202. The van der Waals surface area contributed by atoms with Gasteiger partial charge in [-0.25, -0.2) is 0 Å². The average Bonchev–Trinajstić information content (AvgIpc) is 2.49. The van der Waals surface area contributed by atoms with Crippen LogP contribution >= 0.6 is 0 Å². The molecule has 0 saturated heterocycles. The van der Waals surface area contributed by atoms with Crippen LogP contribution in [0.4, 0.5) is 8.78 Å². The zero-order chi connectivity index (χ0) is 16.7. The highest BCUT2D eigenvalue weighted by atomic mass is 19.3. The molecule has 1 N–H and O–H groups in total. The number of ether oxygens (including phenoxy) is 1. The van der Waals surface area contributed by atoms with E-state index in [4.69, 9.17) is 0 Å². The van der Waals surface area contributed by atoms with Gasteiger partial charge in [0.05, 0.1) is 0 Å². The maximum atomic E-state index is 12.5. The third kappa shape index (κ3) is 5.98. The molecule has 1 aromatic rings. The molecule has 2 rings (SSSR count). The van der Waals surface area contributed by atoms with Crippen LogP contribution in [-0.4, -0.2) is 37.1 Å². The molecular formula is C17H22F2N2O2. The number of benzene rings is 1. The summed E-state index contributed by atoms with van der Waals surface area (Å²) >= 11 is 0. The van der Waals surface area contributed by atoms with E-state index in [0.717, 1.165) is 31.5 Å². The highest BCUT2D eigenvalue weighted by Crippen LogP contribution is 2.23. The van der Waals surface area contributed by atoms with Crippen LogP contribution in [0.1, 0.15) is 25.3 Å². The van der Waals surface area contributed by atoms with Gasteiger partial charge in [-0.1, -0.05) is 29.8 Å². The minimum absolute atomic E-state index is 0.0312. The zero-order valence-electron chi connectivity index (χ0n) is 13.2. The maximum Gasteiger partial charge on any atom is 0.387 e. The number of carbonyl (C=O) groups excluding carboxylic acids is 1. The van der Waals surface area contributed by atoms with Gasteiger partial charge >= 0.3 is 6.61 Å². The fourth-order valence-electron chi connectivity index (χ4n) is 2.68. The van der Waals surface area contributed by atoms with Gasteiger partial charge in [0.2, 0.25) is 5.91 Å². The summed E-state index contributed by atoms with van der Waals surface area (Å²) in [5.41, 5.74) is 2.02. The Kier molecular flexibility index (Phi) is 6.52. The highest BCUT2D eigenvalue weighted by molar-refractivity contribution is 5.72. The Morgan fingerprint density at radius 1 is 1.39 bits per heavy atom. The van der Waals surface area contributed by atoms with Crippen LogP contribution in [-0.2, 0) is 11.3 Å². The van der Waals surface area contributed by atoms with Gasteiger partial charge in [-0.2, -0.15) is 8.78 Å². The number of hydrogen-bond acceptors (Lipinski definition) is 3. The molecule has 6 heteroatoms. The summed E-state index contributed by atoms with van der Waals surface area (Å²) in [7, 11) is 0. The first kappa shape index (κ1) is 17.4. The summed E-state index contributed by atoms with van der Waals surface area (Å²) in [4.78, 5) is 13.1. The lowest BCUT2D eigenvalue weighted by Crippen LogP contribution is -2.31. The number of alkyl halides is 2. The molecule has 0 aliphatic carbocycles. The lowest BCUT2D eigenvalue weighted by molar-refractivity contribution is -0.118. The topological polar surface area (TPSA) is 41.6 Å². The van der Waals surface area contributed by atoms with E-state index in [2.05, 4.69) is 21.0 Å². The third-order valence-electron chi connectivity index (χ3n) is 3.71. The molecule has 0 atom stereocenters. The fourth-order valence-corrected chi connectivity index (χ4v) is 2.68. The van der Waals surface area contributed by atoms with Crippen molar-refractivity contribution in [2.45, 2.75) is 32.9 Å². The largest absolute Gasteiger partial charge is 0.434 e. The summed E-state index contributed by atoms with van der Waals surface area (Å²) in [6.07, 6.45) is 3.93. The molecule has 1 aliphatic heterocycles. The molecular weight excluding hydrogens is 302 g/mol. The standard InChI is InChI=1S/C17H22F2N2O2/c1-13(22)20-9-8-14-5-4-10-21(11-14)12-15-6-2-3-7-16(15)23-17(18)19/h2-3,5-7,17H,4,8-12H2,1H3,(H,20,22). The van der Waals surface area contributed by atoms with Crippen molar-refractivity contribution in [3.05, 3.63) is 41.5 Å². The number of amides is 1. The van der Waals surface area contributed by atoms with E-state index in [0.29, 0.717) is 13.1 Å². The molecule has 126 valence electrons. The predicted octanol–water partition coefficient (Wildman–Crippen LogP) is 2.95. The average molecular weight is 324 g/mol. The van der Waals surface area contributed by atoms with Gasteiger partial charge in [-0.05, 0) is 18.9 Å². The first-order chi connectivity index (χ1) is 11.0. The van der Waals surface area contributed by atoms with Gasteiger partial charge in [-0.3, -0.25) is 9.69 Å². The van der Waals surface area contributed by atoms with Gasteiger partial charge in [0.25, 0.3) is 0 Å². The lowest BCUT2D eigenvalue weighted by atomic mass is 10.1. The van der Waals surface area contributed by atoms with Crippen molar-refractivity contribution in [2.75, 3.05) is 19.6 Å². The van der Waals surface area contributed by atoms with Crippen LogP contribution in [0.2, 0.25) is 0 Å². The Bertz CT molecular complexity index is 561. The smallest absolute Gasteiger partial charge is 0.387 e. The molecule has 1 amide bonds. The van der Waals surface area contributed by atoms with Gasteiger partial charge in [0.1, 0.15) is 5.75 Å². The second kappa shape index (κ2) is 8.62. The summed E-state index contributed by atoms with van der Waals surface area (Å²) in [6.45, 7) is 1.54. The van der Waals surface area contributed by atoms with E-state index < -0.39 is 6.61 Å². The fraction of sp³-hybridized carbons (Fsp3) is 0.471. The lowest BCUT2D eigenvalue weighted by Gasteiger charge is -2.28. The number of halogens is 2. The minimum Gasteiger partial charge on any atom is -0.434 e. The molecule has 1 heterocycles. The van der Waals surface area contributed by atoms with Gasteiger partial charge in [-0.15, -0.1) is 0 Å². The van der Waals surface area contributed by atoms with E-state index in [-0.39, 0.29) is 11.7 Å². The van der Waals surface area contributed by atoms with E-state index >= 15 is 0 Å². The van der Waals surface area contributed by atoms with E-state index in [1.165, 1.54) is 12.5 Å². The van der Waals surface area contributed by atoms with Crippen LogP contribution in [0.15, 0.2) is 35.9 Å². The van der Waals surface area contributed by atoms with Gasteiger partial charge in [0, 0.05) is 38.7 Å². The molecule has 0 aromatic heterocycles. The van der Waals surface area contributed by atoms with E-state index in [1.807, 2.05) is 12.1 Å². The summed E-state index contributed by atoms with van der Waals surface area (Å²) in [5, 5.41) is 2.79. The van der Waals surface area contributed by atoms with Gasteiger partial charge in [0.15, 0.2) is 0 Å². The van der Waals surface area contributed by atoms with Crippen molar-refractivity contribution < 1.29 is 18.3 Å². The van der Waals surface area contributed by atoms with E-state index in [9.17, 15) is 13.6 Å². The van der Waals surface area contributed by atoms with Crippen LogP contribution in [0.25, 0.3) is 0 Å². The molecule has 0 radical (unpaired) electrons. The molecule has 1 aromatic carbocycles. The number of nitrogens with zero attached hydrogens (tertiary/aromatic N) is 1. The van der Waals surface area contributed by atoms with Crippen LogP contribution in [0.3, 0.4) is 0 Å². The first-order valence-corrected chi connectivity index (χ1v) is 7.72. The SMILES string of the molecule is CC(=O)NCCC1=CCCN(Cc2ccccc2OC(F)F)C1. The Morgan fingerprint density at radius 3 is 2.91 bits per heavy atom. The number of para-hydroxylation sites is 1. The Balaban J connectivity index is 1.91. The quantitative estimate of drug-likeness (QED) is 0.784. The summed E-state index contributed by atoms with van der Waals surface area (Å²) in [6, 6.07) is 6.90. The molecule has 23 heavy (non-hydrogen) atoms. The van der Waals surface area contributed by atoms with Crippen molar-refractivity contribution in [3.8, 4) is 5.75 Å². The second-order valence-electron chi connectivity index (χ2n) is 5.58. The van der Waals surface area contributed by atoms with Gasteiger partial charge < -0.3 is 10.1 Å². The predicted molar refractivity (Wildman–Crippen MR) is 84.4 cm³/mol. The maximum absolute atomic E-state index is 12.5. The summed E-state index contributed by atoms with van der Waals surface area (Å²) < 4.78 is 29.5. The van der Waals surface area contributed by atoms with Crippen molar-refractivity contribution >= 4 is 5.91 Å². The Morgan fingerprint density at radius 2 is 2.17 bits per heavy atom. The molecule has 0 spiro atoms. The Hall–Kier alpha value is -1.95. The van der Waals surface area contributed by atoms with Crippen LogP contribution in [0.5, 0.6) is 5.75 Å². The van der Waals surface area contributed by atoms with Crippen molar-refractivity contribution in [2.24, 2.45) is 0 Å². The molecule has 0 fully saturated rings. The normalized spacial score (nSPS) is 15.4. The zero-order valence-corrected chi connectivity index (χ0v) is 13.2. The van der Waals surface area contributed by atoms with Crippen molar-refractivity contribution in [1.29, 1.82) is 0 Å². The van der Waals surface area contributed by atoms with Crippen molar-refractivity contribution in [3.63, 3.8) is 0 Å². The Labute approximate surface area is 135 Å². The number of rotatable bonds is 7. The molecule has 0 bridgehead atoms. The monoisotopic (exact) mass is 324 g/mol.